The van der Waals surface area contributed by atoms with E-state index in [1.54, 1.807) is 17.8 Å². The molecule has 2 fully saturated rings. The van der Waals surface area contributed by atoms with Gasteiger partial charge in [0.25, 0.3) is 5.91 Å². The van der Waals surface area contributed by atoms with Crippen molar-refractivity contribution in [3.63, 3.8) is 0 Å². The summed E-state index contributed by atoms with van der Waals surface area (Å²) in [5.41, 5.74) is 0.296. The van der Waals surface area contributed by atoms with Crippen LogP contribution in [-0.2, 0) is 9.53 Å². The molecule has 31 heavy (non-hydrogen) atoms. The minimum Gasteiger partial charge on any atom is -0.493 e. The predicted octanol–water partition coefficient (Wildman–Crippen LogP) is 3.08. The van der Waals surface area contributed by atoms with Crippen LogP contribution in [0, 0.1) is 11.8 Å². The molecule has 3 atom stereocenters. The van der Waals surface area contributed by atoms with E-state index in [0.717, 1.165) is 32.2 Å². The average Bonchev–Trinajstić information content (AvgIpc) is 2.72. The Morgan fingerprint density at radius 3 is 2.74 bits per heavy atom. The number of aliphatic imine (C=N–C) groups is 2. The maximum Gasteiger partial charge on any atom is 0.263 e. The number of carbonyl (C=O) groups excluding carboxylic acids is 1. The zero-order valence-electron chi connectivity index (χ0n) is 17.7. The van der Waals surface area contributed by atoms with Crippen molar-refractivity contribution in [3.05, 3.63) is 23.7 Å². The fourth-order valence-corrected chi connectivity index (χ4v) is 5.51. The maximum atomic E-state index is 14.6. The molecule has 0 aromatic carbocycles. The van der Waals surface area contributed by atoms with E-state index in [9.17, 15) is 18.7 Å². The molecule has 0 bridgehead atoms. The molecule has 0 radical (unpaired) electrons. The van der Waals surface area contributed by atoms with Gasteiger partial charge in [-0.05, 0) is 45.7 Å². The van der Waals surface area contributed by atoms with Crippen molar-refractivity contribution in [2.45, 2.75) is 49.6 Å². The first kappa shape index (κ1) is 22.6. The van der Waals surface area contributed by atoms with Crippen LogP contribution in [-0.4, -0.2) is 77.5 Å². The molecule has 0 spiro atoms. The second-order valence-electron chi connectivity index (χ2n) is 8.79. The van der Waals surface area contributed by atoms with Gasteiger partial charge in [-0.15, -0.1) is 0 Å². The lowest BCUT2D eigenvalue weighted by Gasteiger charge is -2.32. The average molecular weight is 454 g/mol. The maximum absolute atomic E-state index is 14.6. The van der Waals surface area contributed by atoms with Crippen LogP contribution in [0.4, 0.5) is 8.78 Å². The van der Waals surface area contributed by atoms with Gasteiger partial charge in [-0.25, -0.2) is 13.8 Å². The summed E-state index contributed by atoms with van der Waals surface area (Å²) in [6, 6.07) is 0. The molecule has 170 valence electrons. The summed E-state index contributed by atoms with van der Waals surface area (Å²) >= 11 is 1.67. The van der Waals surface area contributed by atoms with Gasteiger partial charge >= 0.3 is 0 Å². The van der Waals surface area contributed by atoms with Crippen LogP contribution in [0.25, 0.3) is 0 Å². The summed E-state index contributed by atoms with van der Waals surface area (Å²) in [5.74, 6) is -1.41. The first-order valence-electron chi connectivity index (χ1n) is 10.9. The normalized spacial score (nSPS) is 34.3. The highest BCUT2D eigenvalue weighted by molar-refractivity contribution is 8.00. The zero-order chi connectivity index (χ0) is 22.0. The zero-order valence-corrected chi connectivity index (χ0v) is 18.5. The summed E-state index contributed by atoms with van der Waals surface area (Å²) < 4.78 is 34.6. The van der Waals surface area contributed by atoms with Gasteiger partial charge in [-0.3, -0.25) is 4.79 Å². The van der Waals surface area contributed by atoms with Crippen molar-refractivity contribution in [3.8, 4) is 0 Å². The van der Waals surface area contributed by atoms with Gasteiger partial charge in [0, 0.05) is 29.9 Å². The van der Waals surface area contributed by atoms with E-state index in [2.05, 4.69) is 9.98 Å². The van der Waals surface area contributed by atoms with Gasteiger partial charge in [-0.2, -0.15) is 16.8 Å². The van der Waals surface area contributed by atoms with Crippen molar-refractivity contribution in [2.75, 3.05) is 32.5 Å². The number of allylic oxidation sites excluding steroid dienone is 2. The molecular weight excluding hydrogens is 424 g/mol. The lowest BCUT2D eigenvalue weighted by Crippen LogP contribution is -2.41. The Morgan fingerprint density at radius 1 is 1.23 bits per heavy atom. The summed E-state index contributed by atoms with van der Waals surface area (Å²) in [6.07, 6.45) is 5.68. The summed E-state index contributed by atoms with van der Waals surface area (Å²) in [6.45, 7) is 1.34. The van der Waals surface area contributed by atoms with Gasteiger partial charge < -0.3 is 14.7 Å². The standard InChI is InChI=1S/C22H29F2N3O3S/c1-27-7-6-13(18(24)10-27)11-30-15-8-17(23)21-19(9-15)25-20(26-22(21)29)12-31-16-4-2-14(28)3-5-16/h8-9,13-14,16,18,21,28H,2-7,10-12H2,1H3/t13-,14?,16?,18+,21?/m0/s1. The van der Waals surface area contributed by atoms with E-state index in [-0.39, 0.29) is 24.4 Å². The fourth-order valence-electron chi connectivity index (χ4n) is 4.39. The second-order valence-corrected chi connectivity index (χ2v) is 10.1. The van der Waals surface area contributed by atoms with Crippen LogP contribution in [0.3, 0.4) is 0 Å². The number of carbonyl (C=O) groups is 1. The molecule has 4 aliphatic rings. The molecule has 1 unspecified atom stereocenters. The number of thioether (sulfide) groups is 1. The number of halogens is 2. The predicted molar refractivity (Wildman–Crippen MR) is 118 cm³/mol. The molecule has 6 nitrogen and oxygen atoms in total. The number of aliphatic hydroxyl groups excluding tert-OH is 1. The number of hydrogen-bond donors (Lipinski definition) is 1. The smallest absolute Gasteiger partial charge is 0.263 e. The highest BCUT2D eigenvalue weighted by Crippen LogP contribution is 2.31. The van der Waals surface area contributed by atoms with Crippen LogP contribution >= 0.6 is 11.8 Å². The molecule has 1 saturated heterocycles. The second kappa shape index (κ2) is 9.92. The molecule has 1 amide bonds. The Hall–Kier alpha value is -1.58. The highest BCUT2D eigenvalue weighted by atomic mass is 32.2. The van der Waals surface area contributed by atoms with E-state index >= 15 is 0 Å². The minimum absolute atomic E-state index is 0.168. The van der Waals surface area contributed by atoms with Crippen LogP contribution in [0.15, 0.2) is 33.7 Å². The quantitative estimate of drug-likeness (QED) is 0.669. The van der Waals surface area contributed by atoms with E-state index in [1.165, 1.54) is 6.08 Å². The molecule has 1 N–H and O–H groups in total. The summed E-state index contributed by atoms with van der Waals surface area (Å²) in [7, 11) is 1.89. The van der Waals surface area contributed by atoms with Crippen molar-refractivity contribution < 1.29 is 23.4 Å². The number of aliphatic hydroxyl groups is 1. The number of amidine groups is 1. The third kappa shape index (κ3) is 5.62. The van der Waals surface area contributed by atoms with Gasteiger partial charge in [0.1, 0.15) is 29.5 Å². The molecule has 2 aliphatic carbocycles. The molecule has 2 heterocycles. The highest BCUT2D eigenvalue weighted by Gasteiger charge is 2.35. The Bertz CT molecular complexity index is 821. The lowest BCUT2D eigenvalue weighted by molar-refractivity contribution is -0.119. The van der Waals surface area contributed by atoms with Crippen LogP contribution in [0.1, 0.15) is 32.1 Å². The number of hydrogen-bond acceptors (Lipinski definition) is 6. The van der Waals surface area contributed by atoms with Crippen LogP contribution in [0.2, 0.25) is 0 Å². The van der Waals surface area contributed by atoms with Gasteiger partial charge in [0.15, 0.2) is 0 Å². The molecule has 0 aromatic rings. The Balaban J connectivity index is 1.37. The molecule has 2 aliphatic heterocycles. The van der Waals surface area contributed by atoms with Crippen LogP contribution < -0.4 is 0 Å². The Kier molecular flexibility index (Phi) is 7.23. The van der Waals surface area contributed by atoms with Crippen molar-refractivity contribution in [1.29, 1.82) is 0 Å². The molecular formula is C22H29F2N3O3S. The minimum atomic E-state index is -1.11. The third-order valence-corrected chi connectivity index (χ3v) is 7.69. The molecule has 9 heteroatoms. The van der Waals surface area contributed by atoms with E-state index in [1.807, 2.05) is 11.9 Å². The van der Waals surface area contributed by atoms with Gasteiger partial charge in [-0.1, -0.05) is 0 Å². The van der Waals surface area contributed by atoms with Crippen molar-refractivity contribution in [1.82, 2.24) is 4.90 Å². The van der Waals surface area contributed by atoms with Gasteiger partial charge in [0.2, 0.25) is 0 Å². The molecule has 0 aromatic heterocycles. The van der Waals surface area contributed by atoms with Crippen molar-refractivity contribution in [2.24, 2.45) is 21.8 Å². The SMILES string of the molecule is CN1CC[C@@H](COC2=CC3=NC(CSC4CCC(O)CC4)=NC(=O)C3C(F)=C2)[C@H](F)C1. The van der Waals surface area contributed by atoms with Crippen molar-refractivity contribution >= 4 is 29.2 Å². The number of amides is 1. The lowest BCUT2D eigenvalue weighted by atomic mass is 9.94. The number of nitrogens with zero attached hydrogens (tertiary/aromatic N) is 3. The topological polar surface area (TPSA) is 74.5 Å². The Labute approximate surface area is 185 Å². The third-order valence-electron chi connectivity index (χ3n) is 6.32. The number of alkyl halides is 1. The summed E-state index contributed by atoms with van der Waals surface area (Å²) in [5, 5.41) is 10.0. The first-order chi connectivity index (χ1) is 14.9. The van der Waals surface area contributed by atoms with E-state index in [0.29, 0.717) is 35.5 Å². The monoisotopic (exact) mass is 453 g/mol. The van der Waals surface area contributed by atoms with Gasteiger partial charge in [0.05, 0.1) is 24.2 Å². The first-order valence-corrected chi connectivity index (χ1v) is 12.0. The summed E-state index contributed by atoms with van der Waals surface area (Å²) in [4.78, 5) is 22.8. The molecule has 4 rings (SSSR count). The number of rotatable bonds is 6. The number of piperidine rings is 1. The number of ether oxygens (including phenoxy) is 1. The van der Waals surface area contributed by atoms with E-state index in [4.69, 9.17) is 4.74 Å². The number of likely N-dealkylation sites (tertiary alicyclic amines) is 1. The molecule has 1 saturated carbocycles. The Morgan fingerprint density at radius 2 is 2.00 bits per heavy atom. The van der Waals surface area contributed by atoms with E-state index < -0.39 is 23.8 Å². The number of fused-ring (bicyclic) bond motifs is 1. The largest absolute Gasteiger partial charge is 0.493 e. The van der Waals surface area contributed by atoms with Crippen LogP contribution in [0.5, 0.6) is 0 Å². The fraction of sp³-hybridized carbons (Fsp3) is 0.682.